The van der Waals surface area contributed by atoms with Gasteiger partial charge in [0.1, 0.15) is 6.61 Å². The summed E-state index contributed by atoms with van der Waals surface area (Å²) in [5.74, 6) is -0.829. The maximum atomic E-state index is 11.4. The molecule has 0 atom stereocenters. The number of ether oxygens (including phenoxy) is 2. The Morgan fingerprint density at radius 3 is 2.39 bits per heavy atom. The van der Waals surface area contributed by atoms with Crippen LogP contribution in [0.1, 0.15) is 19.4 Å². The molecule has 1 rings (SSSR count). The fourth-order valence-electron chi connectivity index (χ4n) is 1.37. The highest BCUT2D eigenvalue weighted by Gasteiger charge is 2.07. The predicted octanol–water partition coefficient (Wildman–Crippen LogP) is 2.20. The molecule has 0 saturated carbocycles. The highest BCUT2D eigenvalue weighted by Crippen LogP contribution is 2.14. The highest BCUT2D eigenvalue weighted by atomic mass is 16.5. The van der Waals surface area contributed by atoms with Gasteiger partial charge in [-0.2, -0.15) is 0 Å². The van der Waals surface area contributed by atoms with Crippen LogP contribution in [-0.2, 0) is 19.1 Å². The maximum Gasteiger partial charge on any atom is 0.331 e. The maximum absolute atomic E-state index is 11.4. The van der Waals surface area contributed by atoms with Gasteiger partial charge in [0.2, 0.25) is 0 Å². The Kier molecular flexibility index (Phi) is 5.64. The molecule has 1 aromatic carbocycles. The van der Waals surface area contributed by atoms with Crippen molar-refractivity contribution >= 4 is 17.5 Å². The van der Waals surface area contributed by atoms with Gasteiger partial charge >= 0.3 is 11.9 Å². The second-order valence-electron chi connectivity index (χ2n) is 3.57. The summed E-state index contributed by atoms with van der Waals surface area (Å²) in [6.07, 6.45) is 1.35. The van der Waals surface area contributed by atoms with E-state index < -0.39 is 5.97 Å². The fourth-order valence-corrected chi connectivity index (χ4v) is 1.37. The van der Waals surface area contributed by atoms with Gasteiger partial charge in [-0.15, -0.1) is 0 Å². The average molecular weight is 248 g/mol. The topological polar surface area (TPSA) is 52.6 Å². The largest absolute Gasteiger partial charge is 0.463 e. The summed E-state index contributed by atoms with van der Waals surface area (Å²) in [5.41, 5.74) is 1.44. The zero-order valence-electron chi connectivity index (χ0n) is 10.5. The number of benzene rings is 1. The van der Waals surface area contributed by atoms with Crippen molar-refractivity contribution in [1.29, 1.82) is 0 Å². The standard InChI is InChI=1S/C14H16O4/c1-3-17-14(16)9-13(10-18-11(2)15)12-7-5-4-6-8-12/h4-9H,3,10H2,1-2H3/b13-9-. The third-order valence-electron chi connectivity index (χ3n) is 2.15. The van der Waals surface area contributed by atoms with Crippen LogP contribution < -0.4 is 0 Å². The van der Waals surface area contributed by atoms with E-state index in [0.717, 1.165) is 5.56 Å². The number of esters is 2. The van der Waals surface area contributed by atoms with Crippen molar-refractivity contribution in [3.05, 3.63) is 42.0 Å². The molecule has 1 aromatic rings. The summed E-state index contributed by atoms with van der Waals surface area (Å²) in [5, 5.41) is 0. The fraction of sp³-hybridized carbons (Fsp3) is 0.286. The molecule has 18 heavy (non-hydrogen) atoms. The first kappa shape index (κ1) is 14.0. The molecular weight excluding hydrogens is 232 g/mol. The van der Waals surface area contributed by atoms with Crippen LogP contribution in [0.3, 0.4) is 0 Å². The van der Waals surface area contributed by atoms with Crippen LogP contribution in [0.4, 0.5) is 0 Å². The van der Waals surface area contributed by atoms with Gasteiger partial charge in [0.05, 0.1) is 6.61 Å². The Hall–Kier alpha value is -2.10. The van der Waals surface area contributed by atoms with Crippen LogP contribution in [0.5, 0.6) is 0 Å². The molecule has 0 aliphatic carbocycles. The molecule has 96 valence electrons. The van der Waals surface area contributed by atoms with Crippen molar-refractivity contribution in [2.24, 2.45) is 0 Å². The predicted molar refractivity (Wildman–Crippen MR) is 67.7 cm³/mol. The van der Waals surface area contributed by atoms with Crippen LogP contribution in [0, 0.1) is 0 Å². The molecule has 0 heterocycles. The molecule has 0 N–H and O–H groups in total. The van der Waals surface area contributed by atoms with Crippen molar-refractivity contribution in [3.63, 3.8) is 0 Å². The number of hydrogen-bond acceptors (Lipinski definition) is 4. The van der Waals surface area contributed by atoms with Crippen molar-refractivity contribution < 1.29 is 19.1 Å². The van der Waals surface area contributed by atoms with Gasteiger partial charge in [0, 0.05) is 18.6 Å². The van der Waals surface area contributed by atoms with E-state index in [0.29, 0.717) is 12.2 Å². The van der Waals surface area contributed by atoms with E-state index in [1.807, 2.05) is 30.3 Å². The number of rotatable bonds is 5. The van der Waals surface area contributed by atoms with Gasteiger partial charge in [-0.05, 0) is 12.5 Å². The molecule has 0 fully saturated rings. The van der Waals surface area contributed by atoms with E-state index in [9.17, 15) is 9.59 Å². The van der Waals surface area contributed by atoms with Gasteiger partial charge in [-0.3, -0.25) is 4.79 Å². The molecule has 0 spiro atoms. The summed E-state index contributed by atoms with van der Waals surface area (Å²) in [6.45, 7) is 3.43. The van der Waals surface area contributed by atoms with E-state index in [4.69, 9.17) is 9.47 Å². The van der Waals surface area contributed by atoms with E-state index in [1.165, 1.54) is 13.0 Å². The summed E-state index contributed by atoms with van der Waals surface area (Å²) in [7, 11) is 0. The van der Waals surface area contributed by atoms with Crippen LogP contribution >= 0.6 is 0 Å². The molecule has 0 aliphatic heterocycles. The molecule has 0 unspecified atom stereocenters. The SMILES string of the molecule is CCOC(=O)/C=C(/COC(C)=O)c1ccccc1. The summed E-state index contributed by atoms with van der Waals surface area (Å²) < 4.78 is 9.77. The number of carbonyl (C=O) groups excluding carboxylic acids is 2. The lowest BCUT2D eigenvalue weighted by Crippen LogP contribution is -2.06. The Balaban J connectivity index is 2.88. The Bertz CT molecular complexity index is 434. The van der Waals surface area contributed by atoms with Crippen LogP contribution in [0.25, 0.3) is 5.57 Å². The average Bonchev–Trinajstić information content (AvgIpc) is 2.35. The second-order valence-corrected chi connectivity index (χ2v) is 3.57. The van der Waals surface area contributed by atoms with Crippen molar-refractivity contribution in [2.45, 2.75) is 13.8 Å². The minimum absolute atomic E-state index is 0.0537. The van der Waals surface area contributed by atoms with Gasteiger partial charge in [0.25, 0.3) is 0 Å². The minimum Gasteiger partial charge on any atom is -0.463 e. The Morgan fingerprint density at radius 2 is 1.83 bits per heavy atom. The zero-order chi connectivity index (χ0) is 13.4. The molecule has 0 aliphatic rings. The molecule has 0 radical (unpaired) electrons. The Labute approximate surface area is 106 Å². The molecule has 0 bridgehead atoms. The van der Waals surface area contributed by atoms with Gasteiger partial charge in [-0.1, -0.05) is 30.3 Å². The zero-order valence-corrected chi connectivity index (χ0v) is 10.5. The van der Waals surface area contributed by atoms with E-state index >= 15 is 0 Å². The third kappa shape index (κ3) is 4.82. The summed E-state index contributed by atoms with van der Waals surface area (Å²) >= 11 is 0. The lowest BCUT2D eigenvalue weighted by atomic mass is 10.1. The number of hydrogen-bond donors (Lipinski definition) is 0. The lowest BCUT2D eigenvalue weighted by molar-refractivity contribution is -0.140. The molecule has 4 heteroatoms. The normalized spacial score (nSPS) is 10.9. The van der Waals surface area contributed by atoms with Gasteiger partial charge < -0.3 is 9.47 Å². The van der Waals surface area contributed by atoms with E-state index in [-0.39, 0.29) is 12.6 Å². The molecular formula is C14H16O4. The van der Waals surface area contributed by atoms with Crippen molar-refractivity contribution in [1.82, 2.24) is 0 Å². The molecule has 0 saturated heterocycles. The summed E-state index contributed by atoms with van der Waals surface area (Å²) in [6, 6.07) is 9.25. The quantitative estimate of drug-likeness (QED) is 0.592. The van der Waals surface area contributed by atoms with E-state index in [2.05, 4.69) is 0 Å². The number of carbonyl (C=O) groups is 2. The van der Waals surface area contributed by atoms with Crippen LogP contribution in [0.2, 0.25) is 0 Å². The second kappa shape index (κ2) is 7.27. The molecule has 4 nitrogen and oxygen atoms in total. The van der Waals surface area contributed by atoms with Crippen LogP contribution in [-0.4, -0.2) is 25.2 Å². The van der Waals surface area contributed by atoms with Crippen molar-refractivity contribution in [2.75, 3.05) is 13.2 Å². The first-order valence-electron chi connectivity index (χ1n) is 5.69. The highest BCUT2D eigenvalue weighted by molar-refractivity contribution is 5.92. The third-order valence-corrected chi connectivity index (χ3v) is 2.15. The molecule has 0 aromatic heterocycles. The van der Waals surface area contributed by atoms with Crippen LogP contribution in [0.15, 0.2) is 36.4 Å². The van der Waals surface area contributed by atoms with E-state index in [1.54, 1.807) is 6.92 Å². The monoisotopic (exact) mass is 248 g/mol. The van der Waals surface area contributed by atoms with Gasteiger partial charge in [0.15, 0.2) is 0 Å². The summed E-state index contributed by atoms with van der Waals surface area (Å²) in [4.78, 5) is 22.3. The molecule has 0 amide bonds. The minimum atomic E-state index is -0.441. The first-order valence-corrected chi connectivity index (χ1v) is 5.69. The van der Waals surface area contributed by atoms with Gasteiger partial charge in [-0.25, -0.2) is 4.79 Å². The lowest BCUT2D eigenvalue weighted by Gasteiger charge is -2.08. The van der Waals surface area contributed by atoms with Crippen molar-refractivity contribution in [3.8, 4) is 0 Å². The smallest absolute Gasteiger partial charge is 0.331 e. The first-order chi connectivity index (χ1) is 8.63. The Morgan fingerprint density at radius 1 is 1.17 bits per heavy atom.